The minimum Gasteiger partial charge on any atom is -0.466 e. The second-order valence-electron chi connectivity index (χ2n) is 7.65. The molecule has 6 nitrogen and oxygen atoms in total. The molecular weight excluding hydrogens is 388 g/mol. The lowest BCUT2D eigenvalue weighted by Gasteiger charge is -2.10. The van der Waals surface area contributed by atoms with Gasteiger partial charge >= 0.3 is 5.97 Å². The van der Waals surface area contributed by atoms with Crippen molar-refractivity contribution < 1.29 is 9.53 Å². The molecule has 5 rings (SSSR count). The third kappa shape index (κ3) is 3.50. The molecule has 0 saturated heterocycles. The van der Waals surface area contributed by atoms with Gasteiger partial charge in [0.25, 0.3) is 0 Å². The van der Waals surface area contributed by atoms with E-state index < -0.39 is 0 Å². The summed E-state index contributed by atoms with van der Waals surface area (Å²) >= 11 is 0. The van der Waals surface area contributed by atoms with Crippen LogP contribution in [0.1, 0.15) is 23.4 Å². The van der Waals surface area contributed by atoms with Gasteiger partial charge in [0, 0.05) is 41.2 Å². The Labute approximate surface area is 180 Å². The number of aromatic nitrogens is 4. The third-order valence-electron chi connectivity index (χ3n) is 5.62. The molecule has 0 saturated carbocycles. The van der Waals surface area contributed by atoms with Crippen molar-refractivity contribution in [2.75, 3.05) is 7.11 Å². The number of methoxy groups -OCH3 is 1. The van der Waals surface area contributed by atoms with E-state index in [1.54, 1.807) is 6.08 Å². The van der Waals surface area contributed by atoms with E-state index in [4.69, 9.17) is 10.1 Å². The number of benzene rings is 1. The molecule has 154 valence electrons. The Hall–Kier alpha value is -3.80. The molecule has 1 aromatic carbocycles. The van der Waals surface area contributed by atoms with Crippen molar-refractivity contribution in [1.82, 2.24) is 19.7 Å². The number of aryl methyl sites for hydroxylation is 2. The molecule has 6 heteroatoms. The van der Waals surface area contributed by atoms with Crippen molar-refractivity contribution in [3.05, 3.63) is 71.7 Å². The molecule has 3 aromatic heterocycles. The second-order valence-corrected chi connectivity index (χ2v) is 7.65. The summed E-state index contributed by atoms with van der Waals surface area (Å²) in [5.41, 5.74) is 8.03. The maximum atomic E-state index is 11.4. The molecule has 1 aliphatic rings. The van der Waals surface area contributed by atoms with Crippen molar-refractivity contribution in [3.63, 3.8) is 0 Å². The van der Waals surface area contributed by atoms with E-state index in [-0.39, 0.29) is 5.97 Å². The lowest BCUT2D eigenvalue weighted by Crippen LogP contribution is -1.95. The Bertz CT molecular complexity index is 1340. The number of nitrogens with zero attached hydrogens (tertiary/aromatic N) is 4. The van der Waals surface area contributed by atoms with E-state index in [0.717, 1.165) is 64.1 Å². The first-order valence-electron chi connectivity index (χ1n) is 10.3. The predicted molar refractivity (Wildman–Crippen MR) is 120 cm³/mol. The number of fused-ring (bicyclic) bond motifs is 2. The highest BCUT2D eigenvalue weighted by molar-refractivity contribution is 5.99. The average Bonchev–Trinajstić information content (AvgIpc) is 3.38. The highest BCUT2D eigenvalue weighted by Gasteiger charge is 2.25. The van der Waals surface area contributed by atoms with Gasteiger partial charge in [-0.3, -0.25) is 14.6 Å². The fourth-order valence-electron chi connectivity index (χ4n) is 4.19. The number of pyridine rings is 2. The van der Waals surface area contributed by atoms with Crippen LogP contribution in [0, 0.1) is 6.92 Å². The van der Waals surface area contributed by atoms with E-state index in [0.29, 0.717) is 0 Å². The summed E-state index contributed by atoms with van der Waals surface area (Å²) in [5.74, 6) is -0.382. The summed E-state index contributed by atoms with van der Waals surface area (Å²) in [7, 11) is 1.37. The lowest BCUT2D eigenvalue weighted by molar-refractivity contribution is -0.134. The average molecular weight is 410 g/mol. The first-order valence-corrected chi connectivity index (χ1v) is 10.3. The van der Waals surface area contributed by atoms with Crippen LogP contribution in [0.3, 0.4) is 0 Å². The van der Waals surface area contributed by atoms with Crippen LogP contribution in [0.15, 0.2) is 54.7 Å². The van der Waals surface area contributed by atoms with Crippen LogP contribution in [-0.2, 0) is 22.5 Å². The lowest BCUT2D eigenvalue weighted by atomic mass is 9.96. The molecule has 0 unspecified atom stereocenters. The van der Waals surface area contributed by atoms with Crippen LogP contribution < -0.4 is 0 Å². The number of hydrogen-bond donors (Lipinski definition) is 0. The van der Waals surface area contributed by atoms with E-state index in [2.05, 4.69) is 26.5 Å². The van der Waals surface area contributed by atoms with E-state index in [1.807, 2.05) is 43.5 Å². The van der Waals surface area contributed by atoms with Crippen LogP contribution in [0.2, 0.25) is 0 Å². The number of carbonyl (C=O) groups excluding carboxylic acids is 1. The van der Waals surface area contributed by atoms with Crippen molar-refractivity contribution in [2.45, 2.75) is 26.3 Å². The first kappa shape index (κ1) is 19.2. The van der Waals surface area contributed by atoms with E-state index >= 15 is 0 Å². The van der Waals surface area contributed by atoms with Gasteiger partial charge in [-0.05, 0) is 61.2 Å². The first-order chi connectivity index (χ1) is 15.1. The monoisotopic (exact) mass is 410 g/mol. The quantitative estimate of drug-likeness (QED) is 0.363. The standard InChI is InChI=1S/C25H22N4O2/c1-16-5-3-6-20(27-16)25-24(22-7-4-14-29(22)28-25)19-12-13-26-21-15-17(8-10-18(19)21)9-11-23(30)31-2/h3,5-6,8-13,15H,4,7,14H2,1-2H3/b11-9+. The number of esters is 1. The van der Waals surface area contributed by atoms with Gasteiger partial charge in [-0.15, -0.1) is 0 Å². The maximum absolute atomic E-state index is 11.4. The Morgan fingerprint density at radius 2 is 2.10 bits per heavy atom. The highest BCUT2D eigenvalue weighted by Crippen LogP contribution is 2.39. The summed E-state index contributed by atoms with van der Waals surface area (Å²) in [6.45, 7) is 2.93. The number of ether oxygens (including phenoxy) is 1. The van der Waals surface area contributed by atoms with Gasteiger partial charge in [-0.25, -0.2) is 4.79 Å². The maximum Gasteiger partial charge on any atom is 0.330 e. The fourth-order valence-corrected chi connectivity index (χ4v) is 4.19. The molecule has 0 fully saturated rings. The Kier molecular flexibility index (Phi) is 4.82. The minimum absolute atomic E-state index is 0.382. The second kappa shape index (κ2) is 7.80. The molecule has 4 aromatic rings. The van der Waals surface area contributed by atoms with Crippen LogP contribution in [0.25, 0.3) is 39.5 Å². The zero-order chi connectivity index (χ0) is 21.4. The van der Waals surface area contributed by atoms with Crippen LogP contribution >= 0.6 is 0 Å². The molecule has 1 aliphatic heterocycles. The molecule has 0 amide bonds. The molecule has 31 heavy (non-hydrogen) atoms. The molecule has 0 N–H and O–H groups in total. The molecule has 0 bridgehead atoms. The molecule has 0 radical (unpaired) electrons. The zero-order valence-corrected chi connectivity index (χ0v) is 17.5. The summed E-state index contributed by atoms with van der Waals surface area (Å²) in [4.78, 5) is 20.7. The van der Waals surface area contributed by atoms with Gasteiger partial charge in [-0.1, -0.05) is 18.2 Å². The molecule has 4 heterocycles. The van der Waals surface area contributed by atoms with Crippen LogP contribution in [0.4, 0.5) is 0 Å². The largest absolute Gasteiger partial charge is 0.466 e. The van der Waals surface area contributed by atoms with Crippen LogP contribution in [0.5, 0.6) is 0 Å². The van der Waals surface area contributed by atoms with Crippen molar-refractivity contribution in [2.24, 2.45) is 0 Å². The van der Waals surface area contributed by atoms with Gasteiger partial charge in [0.05, 0.1) is 18.3 Å². The smallest absolute Gasteiger partial charge is 0.330 e. The highest BCUT2D eigenvalue weighted by atomic mass is 16.5. The minimum atomic E-state index is -0.382. The fraction of sp³-hybridized carbons (Fsp3) is 0.200. The van der Waals surface area contributed by atoms with Crippen molar-refractivity contribution >= 4 is 22.9 Å². The van der Waals surface area contributed by atoms with Crippen LogP contribution in [-0.4, -0.2) is 32.8 Å². The zero-order valence-electron chi connectivity index (χ0n) is 17.5. The van der Waals surface area contributed by atoms with E-state index in [1.165, 1.54) is 18.9 Å². The van der Waals surface area contributed by atoms with Gasteiger partial charge in [0.2, 0.25) is 0 Å². The Morgan fingerprint density at radius 1 is 1.19 bits per heavy atom. The van der Waals surface area contributed by atoms with Crippen molar-refractivity contribution in [3.8, 4) is 22.5 Å². The SMILES string of the molecule is COC(=O)/C=C/c1ccc2c(-c3c(-c4cccc(C)n4)nn4c3CCC4)ccnc2c1. The normalized spacial score (nSPS) is 13.1. The number of rotatable bonds is 4. The van der Waals surface area contributed by atoms with Gasteiger partial charge in [0.1, 0.15) is 5.69 Å². The summed E-state index contributed by atoms with van der Waals surface area (Å²) < 4.78 is 6.80. The number of hydrogen-bond acceptors (Lipinski definition) is 5. The summed E-state index contributed by atoms with van der Waals surface area (Å²) in [5, 5.41) is 5.98. The van der Waals surface area contributed by atoms with Gasteiger partial charge in [-0.2, -0.15) is 5.10 Å². The predicted octanol–water partition coefficient (Wildman–Crippen LogP) is 4.60. The van der Waals surface area contributed by atoms with Crippen molar-refractivity contribution in [1.29, 1.82) is 0 Å². The van der Waals surface area contributed by atoms with Gasteiger partial charge in [0.15, 0.2) is 0 Å². The van der Waals surface area contributed by atoms with E-state index in [9.17, 15) is 4.79 Å². The Balaban J connectivity index is 1.68. The summed E-state index contributed by atoms with van der Waals surface area (Å²) in [6, 6.07) is 14.1. The third-order valence-corrected chi connectivity index (χ3v) is 5.62. The Morgan fingerprint density at radius 3 is 2.94 bits per heavy atom. The number of carbonyl (C=O) groups is 1. The molecule has 0 aliphatic carbocycles. The topological polar surface area (TPSA) is 69.9 Å². The molecule has 0 spiro atoms. The summed E-state index contributed by atoms with van der Waals surface area (Å²) in [6.07, 6.45) is 7.08. The van der Waals surface area contributed by atoms with Gasteiger partial charge < -0.3 is 4.74 Å². The molecule has 0 atom stereocenters. The molecular formula is C25H22N4O2.